The third-order valence-electron chi connectivity index (χ3n) is 3.95. The van der Waals surface area contributed by atoms with Crippen LogP contribution < -0.4 is 5.32 Å². The second-order valence-electron chi connectivity index (χ2n) is 5.57. The average molecular weight is 253 g/mol. The van der Waals surface area contributed by atoms with Crippen LogP contribution >= 0.6 is 0 Å². The number of anilines is 1. The van der Waals surface area contributed by atoms with Crippen molar-refractivity contribution in [3.63, 3.8) is 0 Å². The lowest BCUT2D eigenvalue weighted by Crippen LogP contribution is -2.35. The lowest BCUT2D eigenvalue weighted by atomic mass is 9.78. The molecule has 0 spiro atoms. The Morgan fingerprint density at radius 1 is 1.11 bits per heavy atom. The second kappa shape index (κ2) is 5.68. The highest BCUT2D eigenvalue weighted by Gasteiger charge is 2.27. The minimum absolute atomic E-state index is 0.378. The van der Waals surface area contributed by atoms with Gasteiger partial charge in [0.15, 0.2) is 11.6 Å². The number of hydrogen-bond acceptors (Lipinski definition) is 1. The van der Waals surface area contributed by atoms with Gasteiger partial charge < -0.3 is 5.32 Å². The van der Waals surface area contributed by atoms with Crippen molar-refractivity contribution in [3.05, 3.63) is 29.8 Å². The van der Waals surface area contributed by atoms with Crippen molar-refractivity contribution in [1.29, 1.82) is 0 Å². The number of rotatable bonds is 3. The molecule has 0 aliphatic heterocycles. The summed E-state index contributed by atoms with van der Waals surface area (Å²) < 4.78 is 26.1. The lowest BCUT2D eigenvalue weighted by molar-refractivity contribution is 0.254. The third kappa shape index (κ3) is 3.01. The van der Waals surface area contributed by atoms with Gasteiger partial charge in [0.25, 0.3) is 0 Å². The van der Waals surface area contributed by atoms with Gasteiger partial charge in [0.05, 0.1) is 0 Å². The maximum absolute atomic E-state index is 13.2. The highest BCUT2D eigenvalue weighted by Crippen LogP contribution is 2.32. The zero-order chi connectivity index (χ0) is 13.1. The van der Waals surface area contributed by atoms with E-state index in [0.717, 1.165) is 6.42 Å². The van der Waals surface area contributed by atoms with Crippen molar-refractivity contribution in [2.24, 2.45) is 11.8 Å². The summed E-state index contributed by atoms with van der Waals surface area (Å²) in [5.41, 5.74) is 0.687. The molecule has 0 radical (unpaired) electrons. The van der Waals surface area contributed by atoms with E-state index < -0.39 is 11.6 Å². The van der Waals surface area contributed by atoms with Crippen LogP contribution in [0.4, 0.5) is 14.5 Å². The van der Waals surface area contributed by atoms with Crippen molar-refractivity contribution < 1.29 is 8.78 Å². The highest BCUT2D eigenvalue weighted by atomic mass is 19.2. The van der Waals surface area contributed by atoms with Gasteiger partial charge in [-0.2, -0.15) is 0 Å². The summed E-state index contributed by atoms with van der Waals surface area (Å²) in [5.74, 6) is -0.332. The van der Waals surface area contributed by atoms with E-state index in [0.29, 0.717) is 23.6 Å². The molecule has 0 bridgehead atoms. The molecule has 1 fully saturated rings. The molecule has 1 saturated carbocycles. The van der Waals surface area contributed by atoms with Crippen LogP contribution in [0.3, 0.4) is 0 Å². The van der Waals surface area contributed by atoms with Gasteiger partial charge >= 0.3 is 0 Å². The normalized spacial score (nSPS) is 24.3. The predicted molar refractivity (Wildman–Crippen MR) is 70.6 cm³/mol. The zero-order valence-electron chi connectivity index (χ0n) is 11.0. The molecule has 0 heterocycles. The van der Waals surface area contributed by atoms with Gasteiger partial charge in [-0.05, 0) is 36.8 Å². The van der Waals surface area contributed by atoms with Gasteiger partial charge in [0.2, 0.25) is 0 Å². The summed E-state index contributed by atoms with van der Waals surface area (Å²) in [4.78, 5) is 0. The summed E-state index contributed by atoms with van der Waals surface area (Å²) in [6, 6.07) is 4.43. The highest BCUT2D eigenvalue weighted by molar-refractivity contribution is 5.44. The molecular weight excluding hydrogens is 232 g/mol. The molecule has 1 N–H and O–H groups in total. The Morgan fingerprint density at radius 2 is 1.83 bits per heavy atom. The molecule has 0 aromatic heterocycles. The van der Waals surface area contributed by atoms with Crippen molar-refractivity contribution in [2.45, 2.75) is 45.6 Å². The molecule has 2 rings (SSSR count). The lowest BCUT2D eigenvalue weighted by Gasteiger charge is -2.35. The first-order valence-corrected chi connectivity index (χ1v) is 6.79. The van der Waals surface area contributed by atoms with Crippen LogP contribution in [0.2, 0.25) is 0 Å². The first-order valence-electron chi connectivity index (χ1n) is 6.79. The Labute approximate surface area is 108 Å². The molecule has 0 amide bonds. The Bertz CT molecular complexity index is 403. The fraction of sp³-hybridized carbons (Fsp3) is 0.600. The number of hydrogen-bond donors (Lipinski definition) is 1. The van der Waals surface area contributed by atoms with E-state index in [4.69, 9.17) is 0 Å². The van der Waals surface area contributed by atoms with E-state index in [1.807, 2.05) is 0 Å². The van der Waals surface area contributed by atoms with Gasteiger partial charge in [-0.15, -0.1) is 0 Å². The van der Waals surface area contributed by atoms with Gasteiger partial charge in [-0.25, -0.2) is 8.78 Å². The Hall–Kier alpha value is -1.12. The minimum atomic E-state index is -0.787. The first kappa shape index (κ1) is 13.3. The topological polar surface area (TPSA) is 12.0 Å². The van der Waals surface area contributed by atoms with Gasteiger partial charge in [0.1, 0.15) is 0 Å². The van der Waals surface area contributed by atoms with Gasteiger partial charge in [0, 0.05) is 17.8 Å². The van der Waals surface area contributed by atoms with E-state index >= 15 is 0 Å². The molecule has 18 heavy (non-hydrogen) atoms. The summed E-state index contributed by atoms with van der Waals surface area (Å²) in [6.45, 7) is 4.46. The Kier molecular flexibility index (Phi) is 4.20. The van der Waals surface area contributed by atoms with Crippen molar-refractivity contribution in [1.82, 2.24) is 0 Å². The Balaban J connectivity index is 2.08. The predicted octanol–water partition coefficient (Wildman–Crippen LogP) is 4.59. The largest absolute Gasteiger partial charge is 0.382 e. The van der Waals surface area contributed by atoms with Crippen molar-refractivity contribution in [3.8, 4) is 0 Å². The summed E-state index contributed by atoms with van der Waals surface area (Å²) in [5, 5.41) is 3.37. The molecule has 100 valence electrons. The summed E-state index contributed by atoms with van der Waals surface area (Å²) in [7, 11) is 0. The number of halogens is 2. The van der Waals surface area contributed by atoms with E-state index in [1.54, 1.807) is 6.07 Å². The molecule has 1 aromatic carbocycles. The number of nitrogens with one attached hydrogen (secondary N) is 1. The Morgan fingerprint density at radius 3 is 2.50 bits per heavy atom. The second-order valence-corrected chi connectivity index (χ2v) is 5.57. The molecule has 1 aromatic rings. The van der Waals surface area contributed by atoms with Gasteiger partial charge in [-0.1, -0.05) is 26.7 Å². The SMILES string of the molecule is CC(C)C1CCCCC1Nc1ccc(F)c(F)c1. The molecule has 2 unspecified atom stereocenters. The fourth-order valence-electron chi connectivity index (χ4n) is 2.94. The maximum Gasteiger partial charge on any atom is 0.160 e. The van der Waals surface area contributed by atoms with Crippen LogP contribution in [0.1, 0.15) is 39.5 Å². The van der Waals surface area contributed by atoms with Crippen molar-refractivity contribution in [2.75, 3.05) is 5.32 Å². The van der Waals surface area contributed by atoms with E-state index in [9.17, 15) is 8.78 Å². The third-order valence-corrected chi connectivity index (χ3v) is 3.95. The van der Waals surface area contributed by atoms with Crippen LogP contribution in [0.15, 0.2) is 18.2 Å². The monoisotopic (exact) mass is 253 g/mol. The summed E-state index contributed by atoms with van der Waals surface area (Å²) in [6.07, 6.45) is 4.82. The average Bonchev–Trinajstić information content (AvgIpc) is 2.34. The number of benzene rings is 1. The zero-order valence-corrected chi connectivity index (χ0v) is 11.0. The molecule has 1 aliphatic rings. The fourth-order valence-corrected chi connectivity index (χ4v) is 2.94. The van der Waals surface area contributed by atoms with Gasteiger partial charge in [-0.3, -0.25) is 0 Å². The molecular formula is C15H21F2N. The van der Waals surface area contributed by atoms with Crippen LogP contribution in [0.25, 0.3) is 0 Å². The van der Waals surface area contributed by atoms with Crippen LogP contribution in [0, 0.1) is 23.5 Å². The molecule has 0 saturated heterocycles. The van der Waals surface area contributed by atoms with E-state index in [-0.39, 0.29) is 0 Å². The first-order chi connectivity index (χ1) is 8.58. The van der Waals surface area contributed by atoms with Crippen LogP contribution in [0.5, 0.6) is 0 Å². The maximum atomic E-state index is 13.2. The smallest absolute Gasteiger partial charge is 0.160 e. The minimum Gasteiger partial charge on any atom is -0.382 e. The summed E-state index contributed by atoms with van der Waals surface area (Å²) >= 11 is 0. The van der Waals surface area contributed by atoms with E-state index in [1.165, 1.54) is 31.4 Å². The molecule has 3 heteroatoms. The molecule has 2 atom stereocenters. The van der Waals surface area contributed by atoms with E-state index in [2.05, 4.69) is 19.2 Å². The van der Waals surface area contributed by atoms with Crippen molar-refractivity contribution >= 4 is 5.69 Å². The molecule has 1 aliphatic carbocycles. The standard InChI is InChI=1S/C15H21F2N/c1-10(2)12-5-3-4-6-15(12)18-11-7-8-13(16)14(17)9-11/h7-10,12,15,18H,3-6H2,1-2H3. The van der Waals surface area contributed by atoms with Crippen LogP contribution in [-0.2, 0) is 0 Å². The molecule has 1 nitrogen and oxygen atoms in total. The van der Waals surface area contributed by atoms with Crippen LogP contribution in [-0.4, -0.2) is 6.04 Å². The quantitative estimate of drug-likeness (QED) is 0.830.